The van der Waals surface area contributed by atoms with Gasteiger partial charge in [-0.3, -0.25) is 0 Å². The molecule has 1 saturated heterocycles. The summed E-state index contributed by atoms with van der Waals surface area (Å²) in [5, 5.41) is 0. The van der Waals surface area contributed by atoms with E-state index in [0.717, 1.165) is 0 Å². The van der Waals surface area contributed by atoms with Crippen LogP contribution in [-0.2, 0) is 38.1 Å². The van der Waals surface area contributed by atoms with Gasteiger partial charge in [-0.15, -0.1) is 0 Å². The number of ether oxygens (including phenoxy) is 4. The Bertz CT molecular complexity index is 1580. The van der Waals surface area contributed by atoms with Crippen molar-refractivity contribution in [1.29, 1.82) is 0 Å². The zero-order valence-electron chi connectivity index (χ0n) is 26.0. The van der Waals surface area contributed by atoms with Crippen molar-refractivity contribution in [3.05, 3.63) is 166 Å². The van der Waals surface area contributed by atoms with E-state index in [-0.39, 0.29) is 22.3 Å². The molecule has 48 heavy (non-hydrogen) atoms. The Balaban J connectivity index is 1.52. The number of hydrogen-bond donors (Lipinski definition) is 0. The van der Waals surface area contributed by atoms with Crippen molar-refractivity contribution in [2.45, 2.75) is 0 Å². The number of benzene rings is 4. The predicted octanol–water partition coefficient (Wildman–Crippen LogP) is 6.51. The monoisotopic (exact) mass is 640 g/mol. The van der Waals surface area contributed by atoms with Crippen LogP contribution in [0.15, 0.2) is 144 Å². The second-order valence-corrected chi connectivity index (χ2v) is 10.6. The smallest absolute Gasteiger partial charge is 0.337 e. The Morgan fingerprint density at radius 1 is 0.312 bits per heavy atom. The molecule has 0 radical (unpaired) electrons. The molecule has 8 nitrogen and oxygen atoms in total. The van der Waals surface area contributed by atoms with Crippen molar-refractivity contribution in [3.8, 4) is 0 Å². The van der Waals surface area contributed by atoms with Crippen LogP contribution in [0.4, 0.5) is 0 Å². The number of carbonyl (C=O) groups excluding carboxylic acids is 4. The minimum Gasteiger partial charge on any atom is -0.457 e. The van der Waals surface area contributed by atoms with Crippen LogP contribution >= 0.6 is 0 Å². The third kappa shape index (κ3) is 9.86. The Morgan fingerprint density at radius 2 is 0.500 bits per heavy atom. The van der Waals surface area contributed by atoms with E-state index in [1.54, 1.807) is 121 Å². The molecular formula is C40H32O8. The lowest BCUT2D eigenvalue weighted by Gasteiger charge is -2.15. The second kappa shape index (κ2) is 16.9. The van der Waals surface area contributed by atoms with Crippen molar-refractivity contribution < 1.29 is 38.1 Å². The van der Waals surface area contributed by atoms with Crippen molar-refractivity contribution in [2.75, 3.05) is 26.4 Å². The molecule has 5 rings (SSSR count). The fraction of sp³-hybridized carbons (Fsp3) is 0.100. The molecule has 1 fully saturated rings. The summed E-state index contributed by atoms with van der Waals surface area (Å²) >= 11 is 0. The number of esters is 4. The lowest BCUT2D eigenvalue weighted by molar-refractivity contribution is -0.144. The van der Waals surface area contributed by atoms with Crippen LogP contribution in [0.25, 0.3) is 24.3 Å². The molecule has 0 saturated carbocycles. The zero-order valence-corrected chi connectivity index (χ0v) is 26.0. The van der Waals surface area contributed by atoms with Gasteiger partial charge in [-0.05, 0) is 46.6 Å². The van der Waals surface area contributed by atoms with Gasteiger partial charge in [0.25, 0.3) is 0 Å². The molecule has 0 aromatic heterocycles. The maximum Gasteiger partial charge on any atom is 0.337 e. The third-order valence-electron chi connectivity index (χ3n) is 7.05. The second-order valence-electron chi connectivity index (χ2n) is 10.6. The summed E-state index contributed by atoms with van der Waals surface area (Å²) < 4.78 is 22.4. The Morgan fingerprint density at radius 3 is 0.688 bits per heavy atom. The summed E-state index contributed by atoms with van der Waals surface area (Å²) in [7, 11) is 0. The van der Waals surface area contributed by atoms with Crippen molar-refractivity contribution in [3.63, 3.8) is 0 Å². The van der Waals surface area contributed by atoms with E-state index in [1.165, 1.54) is 0 Å². The Hall–Kier alpha value is -6.28. The van der Waals surface area contributed by atoms with E-state index in [1.807, 2.05) is 24.3 Å². The summed E-state index contributed by atoms with van der Waals surface area (Å²) in [5.74, 6) is -3.18. The number of rotatable bonds is 4. The minimum atomic E-state index is -0.796. The van der Waals surface area contributed by atoms with Gasteiger partial charge in [0.1, 0.15) is 26.4 Å². The van der Waals surface area contributed by atoms with Gasteiger partial charge in [0.15, 0.2) is 0 Å². The fourth-order valence-corrected chi connectivity index (χ4v) is 4.58. The van der Waals surface area contributed by atoms with Crippen LogP contribution in [0.2, 0.25) is 0 Å². The van der Waals surface area contributed by atoms with Crippen LogP contribution in [0.3, 0.4) is 0 Å². The van der Waals surface area contributed by atoms with E-state index in [0.29, 0.717) is 22.3 Å². The van der Waals surface area contributed by atoms with Crippen molar-refractivity contribution in [2.24, 2.45) is 0 Å². The van der Waals surface area contributed by atoms with Gasteiger partial charge in [0, 0.05) is 0 Å². The predicted molar refractivity (Wildman–Crippen MR) is 182 cm³/mol. The van der Waals surface area contributed by atoms with E-state index in [2.05, 4.69) is 0 Å². The molecule has 1 heterocycles. The number of cyclic esters (lactones) is 4. The summed E-state index contributed by atoms with van der Waals surface area (Å²) in [6.07, 6.45) is 6.16. The van der Waals surface area contributed by atoms with Gasteiger partial charge in [0.05, 0.1) is 22.3 Å². The Kier molecular flexibility index (Phi) is 11.6. The molecule has 240 valence electrons. The van der Waals surface area contributed by atoms with Gasteiger partial charge < -0.3 is 18.9 Å². The van der Waals surface area contributed by atoms with Crippen LogP contribution in [0.5, 0.6) is 0 Å². The van der Waals surface area contributed by atoms with Crippen molar-refractivity contribution in [1.82, 2.24) is 0 Å². The molecule has 1 aliphatic heterocycles. The van der Waals surface area contributed by atoms with Gasteiger partial charge in [-0.25, -0.2) is 19.2 Å². The first kappa shape index (κ1) is 33.1. The van der Waals surface area contributed by atoms with Gasteiger partial charge in [-0.1, -0.05) is 121 Å². The topological polar surface area (TPSA) is 105 Å². The quantitative estimate of drug-likeness (QED) is 0.141. The summed E-state index contributed by atoms with van der Waals surface area (Å²) in [6.45, 7) is -1.80. The lowest BCUT2D eigenvalue weighted by Crippen LogP contribution is -2.23. The molecular weight excluding hydrogens is 608 g/mol. The standard InChI is InChI=1S/C40H32O8/c41-37-33(21-29-13-5-1-6-14-29)25-45-38(42)35(23-31-17-9-3-10-18-31)27-47-40(44)36(24-32-19-11-4-12-20-32)28-48-39(43)34(26-46-37)22-30-15-7-2-8-16-30/h1-24H,25-28H2/b33-21+,34-22+,35-23+,36-24+. The maximum absolute atomic E-state index is 13.4. The first-order valence-corrected chi connectivity index (χ1v) is 15.2. The minimum absolute atomic E-state index is 0.0261. The highest BCUT2D eigenvalue weighted by atomic mass is 16.6. The van der Waals surface area contributed by atoms with E-state index in [4.69, 9.17) is 18.9 Å². The highest BCUT2D eigenvalue weighted by Crippen LogP contribution is 2.18. The molecule has 0 spiro atoms. The molecule has 0 aliphatic carbocycles. The maximum atomic E-state index is 13.4. The van der Waals surface area contributed by atoms with E-state index < -0.39 is 50.3 Å². The van der Waals surface area contributed by atoms with E-state index >= 15 is 0 Å². The Labute approximate surface area is 278 Å². The lowest BCUT2D eigenvalue weighted by atomic mass is 10.1. The largest absolute Gasteiger partial charge is 0.457 e. The van der Waals surface area contributed by atoms with Gasteiger partial charge >= 0.3 is 23.9 Å². The normalized spacial score (nSPS) is 18.7. The molecule has 8 heteroatoms. The average molecular weight is 641 g/mol. The molecule has 4 aromatic carbocycles. The molecule has 0 N–H and O–H groups in total. The number of hydrogen-bond acceptors (Lipinski definition) is 8. The molecule has 0 unspecified atom stereocenters. The van der Waals surface area contributed by atoms with Crippen LogP contribution in [0, 0.1) is 0 Å². The average Bonchev–Trinajstić information content (AvgIpc) is 3.12. The molecule has 4 aromatic rings. The molecule has 0 atom stereocenters. The molecule has 1 aliphatic rings. The van der Waals surface area contributed by atoms with Crippen LogP contribution < -0.4 is 0 Å². The van der Waals surface area contributed by atoms with Crippen LogP contribution in [-0.4, -0.2) is 50.3 Å². The zero-order chi connectivity index (χ0) is 33.6. The number of carbonyl (C=O) groups is 4. The highest BCUT2D eigenvalue weighted by molar-refractivity contribution is 6.00. The van der Waals surface area contributed by atoms with Crippen LogP contribution in [0.1, 0.15) is 22.3 Å². The van der Waals surface area contributed by atoms with Crippen molar-refractivity contribution >= 4 is 48.2 Å². The fourth-order valence-electron chi connectivity index (χ4n) is 4.58. The summed E-state index contributed by atoms with van der Waals surface area (Å²) in [4.78, 5) is 53.8. The summed E-state index contributed by atoms with van der Waals surface area (Å²) in [5.41, 5.74) is 2.78. The molecule has 0 bridgehead atoms. The van der Waals surface area contributed by atoms with E-state index in [9.17, 15) is 19.2 Å². The highest BCUT2D eigenvalue weighted by Gasteiger charge is 2.23. The SMILES string of the molecule is O=C1OC/C(=C\c2ccccc2)C(=O)OC/C(=C\c2ccccc2)C(=O)OC/C(=C\c2ccccc2)C(=O)OC/C1=C\c1ccccc1. The van der Waals surface area contributed by atoms with Gasteiger partial charge in [-0.2, -0.15) is 0 Å². The molecule has 0 amide bonds. The third-order valence-corrected chi connectivity index (χ3v) is 7.05. The van der Waals surface area contributed by atoms with Gasteiger partial charge in [0.2, 0.25) is 0 Å². The summed E-state index contributed by atoms with van der Waals surface area (Å²) in [6, 6.07) is 35.9. The first-order chi connectivity index (χ1) is 23.4. The first-order valence-electron chi connectivity index (χ1n) is 15.2.